The monoisotopic (exact) mass is 515 g/mol. The Kier molecular flexibility index (Phi) is 6.52. The molecule has 0 unspecified atom stereocenters. The molecule has 9 nitrogen and oxygen atoms in total. The Morgan fingerprint density at radius 3 is 2.54 bits per heavy atom. The lowest BCUT2D eigenvalue weighted by Gasteiger charge is -2.47. The first-order valence-corrected chi connectivity index (χ1v) is 12.0. The molecule has 12 heteroatoms. The Morgan fingerprint density at radius 2 is 1.89 bits per heavy atom. The molecule has 1 amide bonds. The van der Waals surface area contributed by atoms with Gasteiger partial charge in [0.15, 0.2) is 23.3 Å². The molecule has 0 aliphatic carbocycles. The van der Waals surface area contributed by atoms with Crippen LogP contribution in [0.2, 0.25) is 0 Å². The molecule has 3 aromatic rings. The van der Waals surface area contributed by atoms with Gasteiger partial charge in [0.2, 0.25) is 11.9 Å². The number of ether oxygens (including phenoxy) is 1. The van der Waals surface area contributed by atoms with Gasteiger partial charge in [-0.05, 0) is 24.1 Å². The molecule has 196 valence electrons. The van der Waals surface area contributed by atoms with E-state index in [4.69, 9.17) is 9.72 Å². The Balaban J connectivity index is 1.31. The second-order valence-corrected chi connectivity index (χ2v) is 9.93. The number of benzene rings is 1. The molecular formula is C25H28F3N7O2. The molecule has 0 radical (unpaired) electrons. The lowest BCUT2D eigenvalue weighted by atomic mass is 9.87. The van der Waals surface area contributed by atoms with Gasteiger partial charge in [0.25, 0.3) is 0 Å². The van der Waals surface area contributed by atoms with Gasteiger partial charge in [-0.3, -0.25) is 9.48 Å². The zero-order valence-electron chi connectivity index (χ0n) is 20.8. The molecule has 5 rings (SSSR count). The summed E-state index contributed by atoms with van der Waals surface area (Å²) in [5.41, 5.74) is 1.64. The number of nitrogens with zero attached hydrogens (tertiary/aromatic N) is 6. The topological polar surface area (TPSA) is 88.4 Å². The highest BCUT2D eigenvalue weighted by Crippen LogP contribution is 2.38. The molecule has 1 N–H and O–H groups in total. The van der Waals surface area contributed by atoms with Crippen molar-refractivity contribution in [2.24, 2.45) is 5.41 Å². The van der Waals surface area contributed by atoms with E-state index in [9.17, 15) is 18.0 Å². The van der Waals surface area contributed by atoms with E-state index in [2.05, 4.69) is 27.2 Å². The number of anilines is 3. The average molecular weight is 516 g/mol. The molecular weight excluding hydrogens is 487 g/mol. The van der Waals surface area contributed by atoms with E-state index in [-0.39, 0.29) is 29.5 Å². The van der Waals surface area contributed by atoms with E-state index < -0.39 is 17.5 Å². The zero-order valence-corrected chi connectivity index (χ0v) is 20.8. The van der Waals surface area contributed by atoms with E-state index in [0.29, 0.717) is 50.2 Å². The van der Waals surface area contributed by atoms with Crippen molar-refractivity contribution in [3.63, 3.8) is 0 Å². The van der Waals surface area contributed by atoms with Crippen LogP contribution < -0.4 is 15.1 Å². The molecule has 1 fully saturated rings. The van der Waals surface area contributed by atoms with Crippen molar-refractivity contribution in [1.29, 1.82) is 0 Å². The number of hydrogen-bond donors (Lipinski definition) is 1. The number of nitrogens with one attached hydrogen (secondary N) is 1. The molecule has 0 spiro atoms. The van der Waals surface area contributed by atoms with Crippen molar-refractivity contribution in [3.05, 3.63) is 59.3 Å². The van der Waals surface area contributed by atoms with Crippen molar-refractivity contribution in [1.82, 2.24) is 19.7 Å². The van der Waals surface area contributed by atoms with Crippen molar-refractivity contribution < 1.29 is 22.7 Å². The smallest absolute Gasteiger partial charge is 0.249 e. The van der Waals surface area contributed by atoms with Crippen molar-refractivity contribution in [2.75, 3.05) is 41.9 Å². The summed E-state index contributed by atoms with van der Waals surface area (Å²) in [6.45, 7) is 6.47. The minimum Gasteiger partial charge on any atom is -0.380 e. The summed E-state index contributed by atoms with van der Waals surface area (Å²) >= 11 is 0. The Morgan fingerprint density at radius 1 is 1.16 bits per heavy atom. The number of likely N-dealkylation sites (N-methyl/N-ethyl adjacent to an activating group) is 1. The number of hydrogen-bond acceptors (Lipinski definition) is 7. The molecule has 1 aromatic carbocycles. The summed E-state index contributed by atoms with van der Waals surface area (Å²) in [5.74, 6) is -2.87. The van der Waals surface area contributed by atoms with E-state index in [1.54, 1.807) is 30.5 Å². The number of fused-ring (bicyclic) bond motifs is 1. The van der Waals surface area contributed by atoms with Gasteiger partial charge in [0.05, 0.1) is 32.2 Å². The molecule has 4 heterocycles. The third kappa shape index (κ3) is 4.85. The molecule has 2 aliphatic rings. The number of aromatic nitrogens is 4. The first-order valence-electron chi connectivity index (χ1n) is 12.0. The van der Waals surface area contributed by atoms with Crippen LogP contribution in [0.15, 0.2) is 30.7 Å². The Bertz CT molecular complexity index is 1300. The van der Waals surface area contributed by atoms with E-state index in [1.807, 2.05) is 6.92 Å². The van der Waals surface area contributed by atoms with Gasteiger partial charge >= 0.3 is 0 Å². The fourth-order valence-electron chi connectivity index (χ4n) is 4.71. The van der Waals surface area contributed by atoms with Gasteiger partial charge in [-0.15, -0.1) is 0 Å². The van der Waals surface area contributed by atoms with Crippen LogP contribution in [0, 0.1) is 22.9 Å². The molecule has 1 saturated heterocycles. The Hall–Kier alpha value is -3.67. The summed E-state index contributed by atoms with van der Waals surface area (Å²) in [6.07, 6.45) is 5.62. The average Bonchev–Trinajstić information content (AvgIpc) is 3.30. The fourth-order valence-corrected chi connectivity index (χ4v) is 4.71. The maximum Gasteiger partial charge on any atom is 0.249 e. The van der Waals surface area contributed by atoms with Gasteiger partial charge in [0, 0.05) is 37.3 Å². The zero-order chi connectivity index (χ0) is 26.3. The van der Waals surface area contributed by atoms with Crippen LogP contribution in [-0.4, -0.2) is 58.5 Å². The van der Waals surface area contributed by atoms with Gasteiger partial charge in [0.1, 0.15) is 11.7 Å². The lowest BCUT2D eigenvalue weighted by Crippen LogP contribution is -2.58. The van der Waals surface area contributed by atoms with Crippen LogP contribution in [0.3, 0.4) is 0 Å². The molecule has 2 aromatic heterocycles. The number of amides is 1. The standard InChI is InChI=1S/C25H28F3N7O2/c1-4-19-23(36)33(3)20-9-30-24(32-22(20)35(19)12-25(2)13-37-14-25)29-7-16-8-31-34(11-16)10-15-5-17(26)21(28)18(27)6-15/h5-6,8-9,11,19H,4,7,10,12-14H2,1-3H3,(H,29,30,32)/t19-/m0/s1. The summed E-state index contributed by atoms with van der Waals surface area (Å²) in [4.78, 5) is 25.8. The third-order valence-electron chi connectivity index (χ3n) is 6.74. The minimum absolute atomic E-state index is 0.0106. The third-order valence-corrected chi connectivity index (χ3v) is 6.74. The van der Waals surface area contributed by atoms with E-state index in [1.165, 1.54) is 4.68 Å². The SMILES string of the molecule is CC[C@H]1C(=O)N(C)c2cnc(NCc3cnn(Cc4cc(F)c(F)c(F)c4)c3)nc2N1CC1(C)COC1. The van der Waals surface area contributed by atoms with E-state index in [0.717, 1.165) is 17.7 Å². The van der Waals surface area contributed by atoms with Crippen molar-refractivity contribution in [3.8, 4) is 0 Å². The van der Waals surface area contributed by atoms with Gasteiger partial charge in [-0.2, -0.15) is 10.1 Å². The van der Waals surface area contributed by atoms with Crippen LogP contribution in [0.5, 0.6) is 0 Å². The quantitative estimate of drug-likeness (QED) is 0.461. The molecule has 0 saturated carbocycles. The minimum atomic E-state index is -1.49. The normalized spacial score (nSPS) is 18.5. The number of carbonyl (C=O) groups excluding carboxylic acids is 1. The summed E-state index contributed by atoms with van der Waals surface area (Å²) in [7, 11) is 1.74. The second-order valence-electron chi connectivity index (χ2n) is 9.93. The maximum absolute atomic E-state index is 13.5. The largest absolute Gasteiger partial charge is 0.380 e. The maximum atomic E-state index is 13.5. The van der Waals surface area contributed by atoms with Crippen LogP contribution in [0.1, 0.15) is 31.4 Å². The van der Waals surface area contributed by atoms with Gasteiger partial charge < -0.3 is 19.9 Å². The second kappa shape index (κ2) is 9.66. The van der Waals surface area contributed by atoms with Crippen LogP contribution >= 0.6 is 0 Å². The van der Waals surface area contributed by atoms with Gasteiger partial charge in [-0.25, -0.2) is 18.2 Å². The van der Waals surface area contributed by atoms with Crippen molar-refractivity contribution in [2.45, 2.75) is 39.4 Å². The predicted molar refractivity (Wildman–Crippen MR) is 131 cm³/mol. The van der Waals surface area contributed by atoms with Crippen molar-refractivity contribution >= 4 is 23.4 Å². The van der Waals surface area contributed by atoms with Crippen LogP contribution in [0.25, 0.3) is 0 Å². The highest BCUT2D eigenvalue weighted by Gasteiger charge is 2.43. The number of rotatable bonds is 8. The van der Waals surface area contributed by atoms with Gasteiger partial charge in [-0.1, -0.05) is 13.8 Å². The number of carbonyl (C=O) groups is 1. The summed E-state index contributed by atoms with van der Waals surface area (Å²) in [5, 5.41) is 7.40. The molecule has 0 bridgehead atoms. The highest BCUT2D eigenvalue weighted by atomic mass is 19.2. The number of halogens is 3. The lowest BCUT2D eigenvalue weighted by molar-refractivity contribution is -0.121. The predicted octanol–water partition coefficient (Wildman–Crippen LogP) is 3.35. The summed E-state index contributed by atoms with van der Waals surface area (Å²) < 4.78 is 47.2. The Labute approximate surface area is 212 Å². The van der Waals surface area contributed by atoms with Crippen LogP contribution in [0.4, 0.5) is 30.6 Å². The van der Waals surface area contributed by atoms with Crippen LogP contribution in [-0.2, 0) is 22.6 Å². The first-order chi connectivity index (χ1) is 17.7. The summed E-state index contributed by atoms with van der Waals surface area (Å²) in [6, 6.07) is 1.58. The molecule has 37 heavy (non-hydrogen) atoms. The molecule has 2 aliphatic heterocycles. The molecule has 1 atom stereocenters. The first kappa shape index (κ1) is 25.0. The van der Waals surface area contributed by atoms with E-state index >= 15 is 0 Å². The fraction of sp³-hybridized carbons (Fsp3) is 0.440. The highest BCUT2D eigenvalue weighted by molar-refractivity contribution is 6.04.